The summed E-state index contributed by atoms with van der Waals surface area (Å²) in [6.07, 6.45) is 9.62. The summed E-state index contributed by atoms with van der Waals surface area (Å²) in [6, 6.07) is 3.87. The zero-order valence-corrected chi connectivity index (χ0v) is 14.3. The molecule has 2 aromatic rings. The number of hydrogen-bond donors (Lipinski definition) is 0. The molecule has 3 rings (SSSR count). The van der Waals surface area contributed by atoms with Crippen molar-refractivity contribution in [2.45, 2.75) is 18.9 Å². The molecule has 130 valence electrons. The average Bonchev–Trinajstić information content (AvgIpc) is 3.12. The lowest BCUT2D eigenvalue weighted by atomic mass is 10.1. The fraction of sp³-hybridized carbons (Fsp3) is 0.333. The van der Waals surface area contributed by atoms with Crippen LogP contribution in [-0.2, 0) is 18.9 Å². The summed E-state index contributed by atoms with van der Waals surface area (Å²) in [5.74, 6) is -0.143. The molecule has 1 fully saturated rings. The molecule has 1 saturated heterocycles. The monoisotopic (exact) mass is 340 g/mol. The van der Waals surface area contributed by atoms with E-state index in [-0.39, 0.29) is 11.9 Å². The average molecular weight is 340 g/mol. The zero-order chi connectivity index (χ0) is 18.0. The van der Waals surface area contributed by atoms with Crippen molar-refractivity contribution in [3.05, 3.63) is 68.8 Å². The molecule has 0 spiro atoms. The van der Waals surface area contributed by atoms with Gasteiger partial charge in [0.25, 0.3) is 5.56 Å². The van der Waals surface area contributed by atoms with E-state index < -0.39 is 11.2 Å². The van der Waals surface area contributed by atoms with E-state index in [1.54, 1.807) is 24.3 Å². The summed E-state index contributed by atoms with van der Waals surface area (Å²) in [6.45, 7) is 0.682. The lowest BCUT2D eigenvalue weighted by molar-refractivity contribution is -0.126. The third kappa shape index (κ3) is 3.31. The van der Waals surface area contributed by atoms with Gasteiger partial charge in [-0.15, -0.1) is 0 Å². The Morgan fingerprint density at radius 2 is 1.96 bits per heavy atom. The normalized spacial score (nSPS) is 17.4. The lowest BCUT2D eigenvalue weighted by Gasteiger charge is -2.23. The summed E-state index contributed by atoms with van der Waals surface area (Å²) in [7, 11) is 2.99. The van der Waals surface area contributed by atoms with Gasteiger partial charge in [0.2, 0.25) is 5.91 Å². The third-order valence-corrected chi connectivity index (χ3v) is 4.51. The molecule has 25 heavy (non-hydrogen) atoms. The Kier molecular flexibility index (Phi) is 4.65. The predicted octanol–water partition coefficient (Wildman–Crippen LogP) is 0.856. The number of pyridine rings is 1. The van der Waals surface area contributed by atoms with Gasteiger partial charge in [0.05, 0.1) is 11.6 Å². The second kappa shape index (κ2) is 6.88. The van der Waals surface area contributed by atoms with Crippen molar-refractivity contribution in [2.24, 2.45) is 14.1 Å². The van der Waals surface area contributed by atoms with Crippen LogP contribution >= 0.6 is 0 Å². The Bertz CT molecular complexity index is 928. The molecule has 0 saturated carbocycles. The number of nitrogens with zero attached hydrogens (tertiary/aromatic N) is 4. The maximum atomic E-state index is 12.6. The van der Waals surface area contributed by atoms with E-state index >= 15 is 0 Å². The van der Waals surface area contributed by atoms with E-state index in [1.807, 2.05) is 12.1 Å². The van der Waals surface area contributed by atoms with Gasteiger partial charge in [-0.1, -0.05) is 0 Å². The molecular weight excluding hydrogens is 320 g/mol. The van der Waals surface area contributed by atoms with Crippen LogP contribution in [0.4, 0.5) is 0 Å². The molecule has 2 aromatic heterocycles. The van der Waals surface area contributed by atoms with Gasteiger partial charge in [-0.3, -0.25) is 19.1 Å². The maximum absolute atomic E-state index is 12.6. The minimum Gasteiger partial charge on any atom is -0.332 e. The Morgan fingerprint density at radius 1 is 1.24 bits per heavy atom. The van der Waals surface area contributed by atoms with Crippen LogP contribution in [-0.4, -0.2) is 31.5 Å². The van der Waals surface area contributed by atoms with Gasteiger partial charge >= 0.3 is 5.69 Å². The zero-order valence-electron chi connectivity index (χ0n) is 14.3. The van der Waals surface area contributed by atoms with E-state index in [0.29, 0.717) is 12.1 Å². The first-order valence-corrected chi connectivity index (χ1v) is 8.14. The Balaban J connectivity index is 1.84. The third-order valence-electron chi connectivity index (χ3n) is 4.51. The minimum absolute atomic E-state index is 0.0307. The molecule has 7 heteroatoms. The van der Waals surface area contributed by atoms with Crippen LogP contribution < -0.4 is 11.2 Å². The highest BCUT2D eigenvalue weighted by atomic mass is 16.2. The Labute approximate surface area is 144 Å². The molecule has 1 aliphatic rings. The van der Waals surface area contributed by atoms with Crippen molar-refractivity contribution in [1.82, 2.24) is 19.0 Å². The van der Waals surface area contributed by atoms with Crippen molar-refractivity contribution >= 4 is 12.0 Å². The van der Waals surface area contributed by atoms with Crippen LogP contribution in [0.1, 0.15) is 30.0 Å². The highest BCUT2D eigenvalue weighted by Gasteiger charge is 2.28. The first kappa shape index (κ1) is 16.9. The van der Waals surface area contributed by atoms with Crippen molar-refractivity contribution in [3.63, 3.8) is 0 Å². The summed E-state index contributed by atoms with van der Waals surface area (Å²) >= 11 is 0. The largest absolute Gasteiger partial charge is 0.332 e. The van der Waals surface area contributed by atoms with E-state index in [2.05, 4.69) is 4.98 Å². The number of likely N-dealkylation sites (tertiary alicyclic amines) is 1. The highest BCUT2D eigenvalue weighted by Crippen LogP contribution is 2.31. The molecule has 0 unspecified atom stereocenters. The fourth-order valence-electron chi connectivity index (χ4n) is 3.17. The van der Waals surface area contributed by atoms with Gasteiger partial charge < -0.3 is 9.47 Å². The quantitative estimate of drug-likeness (QED) is 0.777. The summed E-state index contributed by atoms with van der Waals surface area (Å²) in [4.78, 5) is 42.3. The van der Waals surface area contributed by atoms with E-state index in [1.165, 1.54) is 30.0 Å². The smallest absolute Gasteiger partial charge is 0.330 e. The van der Waals surface area contributed by atoms with Crippen molar-refractivity contribution in [1.29, 1.82) is 0 Å². The number of amides is 1. The first-order chi connectivity index (χ1) is 12.0. The van der Waals surface area contributed by atoms with Gasteiger partial charge in [-0.05, 0) is 36.6 Å². The van der Waals surface area contributed by atoms with Crippen molar-refractivity contribution < 1.29 is 4.79 Å². The number of rotatable bonds is 3. The number of carbonyl (C=O) groups is 1. The van der Waals surface area contributed by atoms with Gasteiger partial charge in [-0.25, -0.2) is 4.79 Å². The van der Waals surface area contributed by atoms with Crippen LogP contribution in [0.2, 0.25) is 0 Å². The molecule has 0 aliphatic carbocycles. The number of hydrogen-bond acceptors (Lipinski definition) is 4. The molecule has 1 amide bonds. The Hall–Kier alpha value is -2.96. The van der Waals surface area contributed by atoms with E-state index in [4.69, 9.17) is 0 Å². The summed E-state index contributed by atoms with van der Waals surface area (Å²) in [5, 5.41) is 0. The molecule has 0 aromatic carbocycles. The number of carbonyl (C=O) groups excluding carboxylic acids is 1. The number of aromatic nitrogens is 3. The topological polar surface area (TPSA) is 77.2 Å². The summed E-state index contributed by atoms with van der Waals surface area (Å²) in [5.41, 5.74) is 0.551. The molecule has 0 N–H and O–H groups in total. The van der Waals surface area contributed by atoms with Crippen LogP contribution in [0.3, 0.4) is 0 Å². The van der Waals surface area contributed by atoms with Gasteiger partial charge in [-0.2, -0.15) is 0 Å². The van der Waals surface area contributed by atoms with Crippen molar-refractivity contribution in [3.8, 4) is 0 Å². The maximum Gasteiger partial charge on any atom is 0.330 e. The van der Waals surface area contributed by atoms with Crippen LogP contribution in [0, 0.1) is 0 Å². The molecule has 1 aliphatic heterocycles. The summed E-state index contributed by atoms with van der Waals surface area (Å²) < 4.78 is 2.35. The SMILES string of the molecule is Cn1cc(/C=C\C(=O)N2CCC[C@H]2c2ccncc2)c(=O)n(C)c1=O. The van der Waals surface area contributed by atoms with E-state index in [9.17, 15) is 14.4 Å². The standard InChI is InChI=1S/C18H20N4O3/c1-20-12-14(17(24)21(2)18(20)25)5-6-16(23)22-11-3-4-15(22)13-7-9-19-10-8-13/h5-10,12,15H,3-4,11H2,1-2H3/b6-5-/t15-/m0/s1. The Morgan fingerprint density at radius 3 is 2.68 bits per heavy atom. The second-order valence-electron chi connectivity index (χ2n) is 6.15. The molecule has 1 atom stereocenters. The molecule has 7 nitrogen and oxygen atoms in total. The number of aryl methyl sites for hydroxylation is 1. The molecule has 0 bridgehead atoms. The fourth-order valence-corrected chi connectivity index (χ4v) is 3.17. The highest BCUT2D eigenvalue weighted by molar-refractivity contribution is 5.92. The van der Waals surface area contributed by atoms with Gasteiger partial charge in [0, 0.05) is 45.3 Å². The lowest BCUT2D eigenvalue weighted by Crippen LogP contribution is -2.37. The minimum atomic E-state index is -0.417. The van der Waals surface area contributed by atoms with Gasteiger partial charge in [0.1, 0.15) is 0 Å². The molecule has 0 radical (unpaired) electrons. The first-order valence-electron chi connectivity index (χ1n) is 8.14. The van der Waals surface area contributed by atoms with Crippen LogP contribution in [0.15, 0.2) is 46.4 Å². The second-order valence-corrected chi connectivity index (χ2v) is 6.15. The van der Waals surface area contributed by atoms with Crippen molar-refractivity contribution in [2.75, 3.05) is 6.54 Å². The molecule has 3 heterocycles. The predicted molar refractivity (Wildman–Crippen MR) is 93.9 cm³/mol. The van der Waals surface area contributed by atoms with Gasteiger partial charge in [0.15, 0.2) is 0 Å². The molecular formula is C18H20N4O3. The van der Waals surface area contributed by atoms with E-state index in [0.717, 1.165) is 23.0 Å². The van der Waals surface area contributed by atoms with Crippen LogP contribution in [0.25, 0.3) is 6.08 Å². The van der Waals surface area contributed by atoms with Crippen LogP contribution in [0.5, 0.6) is 0 Å².